The van der Waals surface area contributed by atoms with Crippen LogP contribution in [0.25, 0.3) is 0 Å². The van der Waals surface area contributed by atoms with Crippen LogP contribution < -0.4 is 14.8 Å². The van der Waals surface area contributed by atoms with Gasteiger partial charge in [0.25, 0.3) is 0 Å². The highest BCUT2D eigenvalue weighted by molar-refractivity contribution is 5.45. The minimum atomic E-state index is 0.632. The summed E-state index contributed by atoms with van der Waals surface area (Å²) in [4.78, 5) is 10.1. The van der Waals surface area contributed by atoms with E-state index in [2.05, 4.69) is 11.4 Å². The molecule has 0 atom stereocenters. The number of unbranched alkanes of at least 4 members (excludes halogenated alkanes) is 1. The largest absolute Gasteiger partial charge is 0.490 e. The number of ether oxygens (including phenoxy) is 2. The van der Waals surface area contributed by atoms with Crippen molar-refractivity contribution < 1.29 is 14.3 Å². The Balaban J connectivity index is 2.54. The van der Waals surface area contributed by atoms with Gasteiger partial charge in [-0.3, -0.25) is 4.79 Å². The minimum Gasteiger partial charge on any atom is -0.490 e. The number of aryl methyl sites for hydroxylation is 1. The molecule has 0 spiro atoms. The quantitative estimate of drug-likeness (QED) is 0.522. The highest BCUT2D eigenvalue weighted by atomic mass is 16.5. The van der Waals surface area contributed by atoms with E-state index < -0.39 is 0 Å². The molecule has 19 heavy (non-hydrogen) atoms. The average molecular weight is 265 g/mol. The summed E-state index contributed by atoms with van der Waals surface area (Å²) >= 11 is 0. The molecular formula is C15H23NO3. The van der Waals surface area contributed by atoms with E-state index >= 15 is 0 Å². The number of amides is 1. The van der Waals surface area contributed by atoms with Crippen molar-refractivity contribution in [3.63, 3.8) is 0 Å². The standard InChI is InChI=1S/C15H23NO3/c1-3-18-14-9-8-13(11-15(14)19-4-2)7-5-6-10-16-12-17/h8-9,11-12H,3-7,10H2,1-2H3,(H,16,17). The molecular weight excluding hydrogens is 242 g/mol. The van der Waals surface area contributed by atoms with Gasteiger partial charge in [-0.05, 0) is 50.8 Å². The van der Waals surface area contributed by atoms with Gasteiger partial charge in [-0.2, -0.15) is 0 Å². The van der Waals surface area contributed by atoms with Crippen molar-refractivity contribution in [3.05, 3.63) is 23.8 Å². The Kier molecular flexibility index (Phi) is 7.47. The van der Waals surface area contributed by atoms with E-state index in [0.29, 0.717) is 13.2 Å². The summed E-state index contributed by atoms with van der Waals surface area (Å²) in [6.07, 6.45) is 3.74. The summed E-state index contributed by atoms with van der Waals surface area (Å²) in [6.45, 7) is 5.93. The highest BCUT2D eigenvalue weighted by Gasteiger charge is 2.05. The van der Waals surface area contributed by atoms with Crippen LogP contribution in [0.1, 0.15) is 32.3 Å². The summed E-state index contributed by atoms with van der Waals surface area (Å²) in [7, 11) is 0. The van der Waals surface area contributed by atoms with Gasteiger partial charge in [0, 0.05) is 6.54 Å². The Hall–Kier alpha value is -1.71. The fourth-order valence-electron chi connectivity index (χ4n) is 1.87. The van der Waals surface area contributed by atoms with Crippen molar-refractivity contribution in [3.8, 4) is 11.5 Å². The predicted molar refractivity (Wildman–Crippen MR) is 75.8 cm³/mol. The van der Waals surface area contributed by atoms with Crippen LogP contribution in [-0.2, 0) is 11.2 Å². The molecule has 0 saturated heterocycles. The van der Waals surface area contributed by atoms with Crippen LogP contribution in [0, 0.1) is 0 Å². The second-order valence-corrected chi connectivity index (χ2v) is 4.18. The molecule has 0 aromatic heterocycles. The second kappa shape index (κ2) is 9.25. The lowest BCUT2D eigenvalue weighted by Crippen LogP contribution is -2.12. The molecule has 0 radical (unpaired) electrons. The number of hydrogen-bond donors (Lipinski definition) is 1. The number of nitrogens with one attached hydrogen (secondary N) is 1. The van der Waals surface area contributed by atoms with Crippen LogP contribution in [0.5, 0.6) is 11.5 Å². The Morgan fingerprint density at radius 2 is 1.84 bits per heavy atom. The van der Waals surface area contributed by atoms with Crippen molar-refractivity contribution in [1.82, 2.24) is 5.32 Å². The molecule has 0 aliphatic rings. The van der Waals surface area contributed by atoms with E-state index in [1.807, 2.05) is 26.0 Å². The van der Waals surface area contributed by atoms with Crippen molar-refractivity contribution in [2.45, 2.75) is 33.1 Å². The number of hydrogen-bond acceptors (Lipinski definition) is 3. The van der Waals surface area contributed by atoms with Crippen LogP contribution in [0.4, 0.5) is 0 Å². The minimum absolute atomic E-state index is 0.632. The summed E-state index contributed by atoms with van der Waals surface area (Å²) < 4.78 is 11.1. The first-order chi connectivity index (χ1) is 9.31. The van der Waals surface area contributed by atoms with E-state index in [-0.39, 0.29) is 0 Å². The van der Waals surface area contributed by atoms with Gasteiger partial charge in [-0.1, -0.05) is 6.07 Å². The number of carbonyl (C=O) groups is 1. The van der Waals surface area contributed by atoms with E-state index in [1.165, 1.54) is 5.56 Å². The SMILES string of the molecule is CCOc1ccc(CCCCNC=O)cc1OCC. The third-order valence-electron chi connectivity index (χ3n) is 2.73. The molecule has 4 nitrogen and oxygen atoms in total. The molecule has 1 N–H and O–H groups in total. The smallest absolute Gasteiger partial charge is 0.207 e. The van der Waals surface area contributed by atoms with Gasteiger partial charge in [-0.15, -0.1) is 0 Å². The molecule has 0 aliphatic heterocycles. The van der Waals surface area contributed by atoms with E-state index in [1.54, 1.807) is 0 Å². The predicted octanol–water partition coefficient (Wildman–Crippen LogP) is 2.55. The fourth-order valence-corrected chi connectivity index (χ4v) is 1.87. The molecule has 4 heteroatoms. The summed E-state index contributed by atoms with van der Waals surface area (Å²) in [5.41, 5.74) is 1.23. The molecule has 0 fully saturated rings. The fraction of sp³-hybridized carbons (Fsp3) is 0.533. The van der Waals surface area contributed by atoms with Gasteiger partial charge in [0.05, 0.1) is 13.2 Å². The molecule has 1 amide bonds. The first-order valence-electron chi connectivity index (χ1n) is 6.87. The Bertz CT molecular complexity index is 380. The van der Waals surface area contributed by atoms with Crippen LogP contribution in [-0.4, -0.2) is 26.2 Å². The molecule has 1 rings (SSSR count). The van der Waals surface area contributed by atoms with Crippen LogP contribution in [0.3, 0.4) is 0 Å². The lowest BCUT2D eigenvalue weighted by Gasteiger charge is -2.12. The Morgan fingerprint density at radius 1 is 1.11 bits per heavy atom. The van der Waals surface area contributed by atoms with Gasteiger partial charge in [0.15, 0.2) is 11.5 Å². The molecule has 0 saturated carbocycles. The molecule has 0 aliphatic carbocycles. The molecule has 0 unspecified atom stereocenters. The lowest BCUT2D eigenvalue weighted by atomic mass is 10.1. The number of benzene rings is 1. The van der Waals surface area contributed by atoms with Crippen LogP contribution in [0.15, 0.2) is 18.2 Å². The molecule has 0 bridgehead atoms. The number of carbonyl (C=O) groups excluding carboxylic acids is 1. The Morgan fingerprint density at radius 3 is 2.53 bits per heavy atom. The first kappa shape index (κ1) is 15.3. The van der Waals surface area contributed by atoms with Gasteiger partial charge in [-0.25, -0.2) is 0 Å². The monoisotopic (exact) mass is 265 g/mol. The third-order valence-corrected chi connectivity index (χ3v) is 2.73. The second-order valence-electron chi connectivity index (χ2n) is 4.18. The van der Waals surface area contributed by atoms with E-state index in [4.69, 9.17) is 9.47 Å². The molecule has 0 heterocycles. The summed E-state index contributed by atoms with van der Waals surface area (Å²) in [6, 6.07) is 6.08. The van der Waals surface area contributed by atoms with Crippen molar-refractivity contribution in [2.24, 2.45) is 0 Å². The highest BCUT2D eigenvalue weighted by Crippen LogP contribution is 2.29. The summed E-state index contributed by atoms with van der Waals surface area (Å²) in [5.74, 6) is 1.61. The van der Waals surface area contributed by atoms with Crippen LogP contribution in [0.2, 0.25) is 0 Å². The zero-order valence-electron chi connectivity index (χ0n) is 11.8. The normalized spacial score (nSPS) is 10.0. The first-order valence-corrected chi connectivity index (χ1v) is 6.87. The van der Waals surface area contributed by atoms with E-state index in [0.717, 1.165) is 43.7 Å². The zero-order chi connectivity index (χ0) is 13.9. The van der Waals surface area contributed by atoms with Gasteiger partial charge in [0.1, 0.15) is 0 Å². The van der Waals surface area contributed by atoms with Crippen molar-refractivity contribution >= 4 is 6.41 Å². The molecule has 1 aromatic carbocycles. The maximum absolute atomic E-state index is 10.1. The summed E-state index contributed by atoms with van der Waals surface area (Å²) in [5, 5.41) is 2.67. The number of rotatable bonds is 10. The van der Waals surface area contributed by atoms with Crippen molar-refractivity contribution in [1.29, 1.82) is 0 Å². The Labute approximate surface area is 115 Å². The maximum atomic E-state index is 10.1. The van der Waals surface area contributed by atoms with Gasteiger partial charge < -0.3 is 14.8 Å². The third kappa shape index (κ3) is 5.64. The van der Waals surface area contributed by atoms with Gasteiger partial charge >= 0.3 is 0 Å². The average Bonchev–Trinajstić information content (AvgIpc) is 2.42. The van der Waals surface area contributed by atoms with Crippen LogP contribution >= 0.6 is 0 Å². The van der Waals surface area contributed by atoms with Gasteiger partial charge in [0.2, 0.25) is 6.41 Å². The maximum Gasteiger partial charge on any atom is 0.207 e. The lowest BCUT2D eigenvalue weighted by molar-refractivity contribution is -0.109. The molecule has 106 valence electrons. The van der Waals surface area contributed by atoms with Crippen molar-refractivity contribution in [2.75, 3.05) is 19.8 Å². The topological polar surface area (TPSA) is 47.6 Å². The molecule has 1 aromatic rings. The van der Waals surface area contributed by atoms with E-state index in [9.17, 15) is 4.79 Å². The zero-order valence-corrected chi connectivity index (χ0v) is 11.8.